The van der Waals surface area contributed by atoms with E-state index in [2.05, 4.69) is 47.5 Å². The SMILES string of the molecule is Cc1cc(-c2cnc3ccccn23)ccc1O[C@H](C)c1ccccc1. The van der Waals surface area contributed by atoms with Crippen molar-refractivity contribution in [2.24, 2.45) is 0 Å². The smallest absolute Gasteiger partial charge is 0.137 e. The van der Waals surface area contributed by atoms with Crippen LogP contribution in [0.15, 0.2) is 79.1 Å². The van der Waals surface area contributed by atoms with Gasteiger partial charge in [0.1, 0.15) is 17.5 Å². The first-order valence-electron chi connectivity index (χ1n) is 8.47. The van der Waals surface area contributed by atoms with Gasteiger partial charge in [-0.25, -0.2) is 4.98 Å². The Balaban J connectivity index is 1.63. The summed E-state index contributed by atoms with van der Waals surface area (Å²) in [6.45, 7) is 4.16. The number of ether oxygens (including phenoxy) is 1. The lowest BCUT2D eigenvalue weighted by Gasteiger charge is -2.17. The van der Waals surface area contributed by atoms with Crippen molar-refractivity contribution in [2.45, 2.75) is 20.0 Å². The summed E-state index contributed by atoms with van der Waals surface area (Å²) in [4.78, 5) is 4.47. The molecule has 0 aliphatic heterocycles. The fourth-order valence-corrected chi connectivity index (χ4v) is 3.07. The highest BCUT2D eigenvalue weighted by molar-refractivity contribution is 5.65. The predicted molar refractivity (Wildman–Crippen MR) is 101 cm³/mol. The number of fused-ring (bicyclic) bond motifs is 1. The highest BCUT2D eigenvalue weighted by atomic mass is 16.5. The van der Waals surface area contributed by atoms with E-state index in [9.17, 15) is 0 Å². The second kappa shape index (κ2) is 6.44. The minimum Gasteiger partial charge on any atom is -0.486 e. The number of aryl methyl sites for hydroxylation is 1. The zero-order valence-corrected chi connectivity index (χ0v) is 14.4. The molecule has 0 saturated heterocycles. The van der Waals surface area contributed by atoms with Crippen LogP contribution in [0.3, 0.4) is 0 Å². The van der Waals surface area contributed by atoms with E-state index in [-0.39, 0.29) is 6.10 Å². The van der Waals surface area contributed by atoms with Crippen molar-refractivity contribution in [1.82, 2.24) is 9.38 Å². The summed E-state index contributed by atoms with van der Waals surface area (Å²) in [6, 6.07) is 22.6. The molecule has 0 aliphatic carbocycles. The summed E-state index contributed by atoms with van der Waals surface area (Å²) < 4.78 is 8.27. The fourth-order valence-electron chi connectivity index (χ4n) is 3.07. The predicted octanol–water partition coefficient (Wildman–Crippen LogP) is 5.45. The maximum atomic E-state index is 6.17. The Hall–Kier alpha value is -3.07. The average molecular weight is 328 g/mol. The molecule has 0 amide bonds. The molecule has 3 nitrogen and oxygen atoms in total. The van der Waals surface area contributed by atoms with E-state index in [1.54, 1.807) is 0 Å². The van der Waals surface area contributed by atoms with E-state index >= 15 is 0 Å². The van der Waals surface area contributed by atoms with E-state index in [4.69, 9.17) is 4.74 Å². The summed E-state index contributed by atoms with van der Waals surface area (Å²) in [5.41, 5.74) is 5.46. The van der Waals surface area contributed by atoms with Crippen molar-refractivity contribution in [2.75, 3.05) is 0 Å². The first-order valence-corrected chi connectivity index (χ1v) is 8.47. The highest BCUT2D eigenvalue weighted by Crippen LogP contribution is 2.29. The highest BCUT2D eigenvalue weighted by Gasteiger charge is 2.11. The normalized spacial score (nSPS) is 12.2. The number of pyridine rings is 1. The second-order valence-corrected chi connectivity index (χ2v) is 6.22. The quantitative estimate of drug-likeness (QED) is 0.498. The summed E-state index contributed by atoms with van der Waals surface area (Å²) >= 11 is 0. The number of rotatable bonds is 4. The Morgan fingerprint density at radius 3 is 2.56 bits per heavy atom. The zero-order chi connectivity index (χ0) is 17.2. The van der Waals surface area contributed by atoms with Crippen LogP contribution in [-0.2, 0) is 0 Å². The first-order chi connectivity index (χ1) is 12.2. The molecule has 4 aromatic rings. The van der Waals surface area contributed by atoms with Crippen LogP contribution in [0.2, 0.25) is 0 Å². The molecule has 25 heavy (non-hydrogen) atoms. The largest absolute Gasteiger partial charge is 0.486 e. The van der Waals surface area contributed by atoms with E-state index in [0.717, 1.165) is 28.2 Å². The lowest BCUT2D eigenvalue weighted by Crippen LogP contribution is -2.04. The third-order valence-electron chi connectivity index (χ3n) is 4.46. The van der Waals surface area contributed by atoms with Crippen LogP contribution in [0, 0.1) is 6.92 Å². The first kappa shape index (κ1) is 15.5. The summed E-state index contributed by atoms with van der Waals surface area (Å²) in [6.07, 6.45) is 3.97. The van der Waals surface area contributed by atoms with Gasteiger partial charge in [0.25, 0.3) is 0 Å². The van der Waals surface area contributed by atoms with Gasteiger partial charge in [-0.2, -0.15) is 0 Å². The molecule has 3 heteroatoms. The number of aromatic nitrogens is 2. The van der Waals surface area contributed by atoms with Crippen LogP contribution in [0.1, 0.15) is 24.2 Å². The molecule has 0 radical (unpaired) electrons. The van der Waals surface area contributed by atoms with Gasteiger partial charge in [-0.15, -0.1) is 0 Å². The molecule has 0 bridgehead atoms. The van der Waals surface area contributed by atoms with E-state index in [1.807, 2.05) is 54.9 Å². The minimum atomic E-state index is 0.0153. The van der Waals surface area contributed by atoms with Gasteiger partial charge >= 0.3 is 0 Å². The Labute approximate surface area is 147 Å². The minimum absolute atomic E-state index is 0.0153. The number of nitrogens with zero attached hydrogens (tertiary/aromatic N) is 2. The van der Waals surface area contributed by atoms with Gasteiger partial charge in [-0.05, 0) is 55.3 Å². The van der Waals surface area contributed by atoms with Gasteiger partial charge in [-0.3, -0.25) is 4.40 Å². The topological polar surface area (TPSA) is 26.5 Å². The van der Waals surface area contributed by atoms with Crippen LogP contribution < -0.4 is 4.74 Å². The van der Waals surface area contributed by atoms with Gasteiger partial charge in [0.2, 0.25) is 0 Å². The Bertz CT molecular complexity index is 1000. The van der Waals surface area contributed by atoms with Gasteiger partial charge in [-0.1, -0.05) is 36.4 Å². The van der Waals surface area contributed by atoms with Crippen molar-refractivity contribution in [3.05, 3.63) is 90.3 Å². The molecule has 1 atom stereocenters. The monoisotopic (exact) mass is 328 g/mol. The molecule has 0 aliphatic rings. The number of imidazole rings is 1. The molecule has 124 valence electrons. The summed E-state index contributed by atoms with van der Waals surface area (Å²) in [5.74, 6) is 0.911. The average Bonchev–Trinajstić information content (AvgIpc) is 3.08. The van der Waals surface area contributed by atoms with Crippen molar-refractivity contribution < 1.29 is 4.74 Å². The third-order valence-corrected chi connectivity index (χ3v) is 4.46. The molecule has 0 N–H and O–H groups in total. The van der Waals surface area contributed by atoms with E-state index in [0.29, 0.717) is 0 Å². The van der Waals surface area contributed by atoms with Gasteiger partial charge in [0.05, 0.1) is 11.9 Å². The molecule has 2 aromatic carbocycles. The Morgan fingerprint density at radius 2 is 1.76 bits per heavy atom. The summed E-state index contributed by atoms with van der Waals surface area (Å²) in [7, 11) is 0. The van der Waals surface area contributed by atoms with Crippen LogP contribution in [-0.4, -0.2) is 9.38 Å². The van der Waals surface area contributed by atoms with Crippen molar-refractivity contribution in [3.63, 3.8) is 0 Å². The van der Waals surface area contributed by atoms with E-state index < -0.39 is 0 Å². The number of hydrogen-bond donors (Lipinski definition) is 0. The maximum absolute atomic E-state index is 6.17. The molecular formula is C22H20N2O. The lowest BCUT2D eigenvalue weighted by molar-refractivity contribution is 0.225. The Kier molecular flexibility index (Phi) is 3.98. The third kappa shape index (κ3) is 3.01. The van der Waals surface area contributed by atoms with Crippen LogP contribution in [0.25, 0.3) is 16.9 Å². The van der Waals surface area contributed by atoms with Crippen LogP contribution in [0.5, 0.6) is 5.75 Å². The molecule has 0 spiro atoms. The fraction of sp³-hybridized carbons (Fsp3) is 0.136. The van der Waals surface area contributed by atoms with Crippen molar-refractivity contribution >= 4 is 5.65 Å². The summed E-state index contributed by atoms with van der Waals surface area (Å²) in [5, 5.41) is 0. The van der Waals surface area contributed by atoms with E-state index in [1.165, 1.54) is 5.56 Å². The van der Waals surface area contributed by atoms with Crippen LogP contribution in [0.4, 0.5) is 0 Å². The van der Waals surface area contributed by atoms with Crippen LogP contribution >= 0.6 is 0 Å². The Morgan fingerprint density at radius 1 is 0.960 bits per heavy atom. The van der Waals surface area contributed by atoms with Gasteiger partial charge in [0, 0.05) is 11.8 Å². The van der Waals surface area contributed by atoms with Gasteiger partial charge < -0.3 is 4.74 Å². The maximum Gasteiger partial charge on any atom is 0.137 e. The zero-order valence-electron chi connectivity index (χ0n) is 14.4. The molecule has 2 heterocycles. The molecule has 0 saturated carbocycles. The molecule has 0 unspecified atom stereocenters. The van der Waals surface area contributed by atoms with Gasteiger partial charge in [0.15, 0.2) is 0 Å². The van der Waals surface area contributed by atoms with Crippen molar-refractivity contribution in [1.29, 1.82) is 0 Å². The molecule has 0 fully saturated rings. The second-order valence-electron chi connectivity index (χ2n) is 6.22. The molecular weight excluding hydrogens is 308 g/mol. The standard InChI is InChI=1S/C22H20N2O/c1-16-14-19(20-15-23-22-10-6-7-13-24(20)22)11-12-21(16)25-17(2)18-8-4-3-5-9-18/h3-15,17H,1-2H3/t17-/m1/s1. The number of hydrogen-bond acceptors (Lipinski definition) is 2. The lowest BCUT2D eigenvalue weighted by atomic mass is 10.1. The molecule has 4 rings (SSSR count). The molecule has 2 aromatic heterocycles. The number of benzene rings is 2. The van der Waals surface area contributed by atoms with Crippen molar-refractivity contribution in [3.8, 4) is 17.0 Å².